The third-order valence-electron chi connectivity index (χ3n) is 4.97. The van der Waals surface area contributed by atoms with Gasteiger partial charge in [0.05, 0.1) is 4.92 Å². The molecular formula is C22H18N2O3. The van der Waals surface area contributed by atoms with Crippen LogP contribution in [0.2, 0.25) is 0 Å². The van der Waals surface area contributed by atoms with Crippen LogP contribution < -0.4 is 0 Å². The fourth-order valence-electron chi connectivity index (χ4n) is 3.63. The van der Waals surface area contributed by atoms with E-state index in [1.165, 1.54) is 12.1 Å². The Morgan fingerprint density at radius 3 is 2.00 bits per heavy atom. The van der Waals surface area contributed by atoms with Crippen LogP contribution in [0.25, 0.3) is 11.1 Å². The summed E-state index contributed by atoms with van der Waals surface area (Å²) in [4.78, 5) is 25.6. The predicted octanol–water partition coefficient (Wildman–Crippen LogP) is 4.73. The first-order chi connectivity index (χ1) is 13.0. The number of nitro groups is 1. The Balaban J connectivity index is 1.74. The Morgan fingerprint density at radius 1 is 0.926 bits per heavy atom. The van der Waals surface area contributed by atoms with E-state index in [0.29, 0.717) is 24.2 Å². The quantitative estimate of drug-likeness (QED) is 0.491. The standard InChI is InChI=1S/C22H18N2O3/c1-15-12-16(10-11-21(15)24(26)27)22(25)23-13-17-6-2-4-8-19(17)20-9-5-3-7-18(20)14-23/h2-12H,13-14H2,1H3. The summed E-state index contributed by atoms with van der Waals surface area (Å²) in [5.41, 5.74) is 5.45. The zero-order chi connectivity index (χ0) is 19.0. The van der Waals surface area contributed by atoms with Crippen molar-refractivity contribution in [1.29, 1.82) is 0 Å². The van der Waals surface area contributed by atoms with Gasteiger partial charge in [-0.25, -0.2) is 0 Å². The number of aryl methyl sites for hydroxylation is 1. The van der Waals surface area contributed by atoms with Crippen molar-refractivity contribution in [3.8, 4) is 11.1 Å². The summed E-state index contributed by atoms with van der Waals surface area (Å²) >= 11 is 0. The summed E-state index contributed by atoms with van der Waals surface area (Å²) < 4.78 is 0. The van der Waals surface area contributed by atoms with Gasteiger partial charge in [-0.2, -0.15) is 0 Å². The van der Waals surface area contributed by atoms with Crippen molar-refractivity contribution in [2.75, 3.05) is 0 Å². The first-order valence-electron chi connectivity index (χ1n) is 8.75. The number of benzene rings is 3. The van der Waals surface area contributed by atoms with Crippen molar-refractivity contribution >= 4 is 11.6 Å². The number of fused-ring (bicyclic) bond motifs is 3. The molecule has 5 nitrogen and oxygen atoms in total. The number of hydrogen-bond donors (Lipinski definition) is 0. The second kappa shape index (κ2) is 6.68. The Labute approximate surface area is 157 Å². The highest BCUT2D eigenvalue weighted by molar-refractivity contribution is 5.95. The zero-order valence-electron chi connectivity index (χ0n) is 14.9. The van der Waals surface area contributed by atoms with Crippen molar-refractivity contribution in [2.24, 2.45) is 0 Å². The zero-order valence-corrected chi connectivity index (χ0v) is 14.9. The number of hydrogen-bond acceptors (Lipinski definition) is 3. The van der Waals surface area contributed by atoms with Gasteiger partial charge in [-0.05, 0) is 41.3 Å². The van der Waals surface area contributed by atoms with Gasteiger partial charge in [0.2, 0.25) is 0 Å². The van der Waals surface area contributed by atoms with Crippen LogP contribution in [0, 0.1) is 17.0 Å². The maximum Gasteiger partial charge on any atom is 0.272 e. The number of rotatable bonds is 2. The minimum Gasteiger partial charge on any atom is -0.330 e. The summed E-state index contributed by atoms with van der Waals surface area (Å²) in [5, 5.41) is 11.0. The Kier molecular flexibility index (Phi) is 4.20. The van der Waals surface area contributed by atoms with E-state index < -0.39 is 4.92 Å². The summed E-state index contributed by atoms with van der Waals surface area (Å²) in [6.45, 7) is 2.65. The third kappa shape index (κ3) is 3.08. The first kappa shape index (κ1) is 17.0. The maximum absolute atomic E-state index is 13.2. The third-order valence-corrected chi connectivity index (χ3v) is 4.97. The van der Waals surface area contributed by atoms with E-state index in [1.54, 1.807) is 17.9 Å². The van der Waals surface area contributed by atoms with Gasteiger partial charge in [0.15, 0.2) is 0 Å². The molecule has 0 fully saturated rings. The first-order valence-corrected chi connectivity index (χ1v) is 8.75. The molecule has 0 aliphatic carbocycles. The van der Waals surface area contributed by atoms with Crippen LogP contribution in [0.3, 0.4) is 0 Å². The van der Waals surface area contributed by atoms with Gasteiger partial charge >= 0.3 is 0 Å². The van der Waals surface area contributed by atoms with E-state index >= 15 is 0 Å². The lowest BCUT2D eigenvalue weighted by molar-refractivity contribution is -0.385. The highest BCUT2D eigenvalue weighted by Gasteiger charge is 2.24. The van der Waals surface area contributed by atoms with Gasteiger partial charge in [-0.15, -0.1) is 0 Å². The van der Waals surface area contributed by atoms with Crippen molar-refractivity contribution in [2.45, 2.75) is 20.0 Å². The van der Waals surface area contributed by atoms with Crippen LogP contribution in [-0.4, -0.2) is 15.7 Å². The fourth-order valence-corrected chi connectivity index (χ4v) is 3.63. The molecular weight excluding hydrogens is 340 g/mol. The van der Waals surface area contributed by atoms with Gasteiger partial charge in [0.1, 0.15) is 0 Å². The smallest absolute Gasteiger partial charge is 0.272 e. The van der Waals surface area contributed by atoms with E-state index in [-0.39, 0.29) is 11.6 Å². The minimum atomic E-state index is -0.429. The second-order valence-electron chi connectivity index (χ2n) is 6.73. The van der Waals surface area contributed by atoms with Gasteiger partial charge in [-0.3, -0.25) is 14.9 Å². The summed E-state index contributed by atoms with van der Waals surface area (Å²) in [6, 6.07) is 20.8. The Hall–Kier alpha value is -3.47. The van der Waals surface area contributed by atoms with Gasteiger partial charge in [0, 0.05) is 30.3 Å². The molecule has 0 spiro atoms. The SMILES string of the molecule is Cc1cc(C(=O)N2Cc3ccccc3-c3ccccc3C2)ccc1[N+](=O)[O-]. The summed E-state index contributed by atoms with van der Waals surface area (Å²) in [7, 11) is 0. The van der Waals surface area contributed by atoms with Crippen LogP contribution in [0.5, 0.6) is 0 Å². The van der Waals surface area contributed by atoms with E-state index in [4.69, 9.17) is 0 Å². The lowest BCUT2D eigenvalue weighted by Crippen LogP contribution is -2.29. The molecule has 0 aromatic heterocycles. The van der Waals surface area contributed by atoms with E-state index in [1.807, 2.05) is 36.4 Å². The predicted molar refractivity (Wildman–Crippen MR) is 103 cm³/mol. The molecule has 0 unspecified atom stereocenters. The molecule has 1 amide bonds. The molecule has 1 aliphatic rings. The average molecular weight is 358 g/mol. The van der Waals surface area contributed by atoms with Crippen molar-refractivity contribution in [1.82, 2.24) is 4.90 Å². The molecule has 4 rings (SSSR count). The molecule has 0 atom stereocenters. The summed E-state index contributed by atoms with van der Waals surface area (Å²) in [6.07, 6.45) is 0. The van der Waals surface area contributed by atoms with E-state index in [9.17, 15) is 14.9 Å². The highest BCUT2D eigenvalue weighted by Crippen LogP contribution is 2.33. The molecule has 1 heterocycles. The molecule has 0 saturated heterocycles. The Morgan fingerprint density at radius 2 is 1.48 bits per heavy atom. The Bertz CT molecular complexity index is 1010. The van der Waals surface area contributed by atoms with Crippen LogP contribution >= 0.6 is 0 Å². The van der Waals surface area contributed by atoms with Gasteiger partial charge in [0.25, 0.3) is 11.6 Å². The molecule has 1 aliphatic heterocycles. The van der Waals surface area contributed by atoms with E-state index in [0.717, 1.165) is 22.3 Å². The minimum absolute atomic E-state index is 0.0260. The van der Waals surface area contributed by atoms with Crippen LogP contribution in [-0.2, 0) is 13.1 Å². The van der Waals surface area contributed by atoms with Crippen LogP contribution in [0.4, 0.5) is 5.69 Å². The topological polar surface area (TPSA) is 63.5 Å². The summed E-state index contributed by atoms with van der Waals surface area (Å²) in [5.74, 6) is -0.125. The average Bonchev–Trinajstić information content (AvgIpc) is 2.84. The largest absolute Gasteiger partial charge is 0.330 e. The molecule has 0 saturated carbocycles. The number of nitro benzene ring substituents is 1. The van der Waals surface area contributed by atoms with Gasteiger partial charge < -0.3 is 4.90 Å². The molecule has 134 valence electrons. The molecule has 3 aromatic carbocycles. The monoisotopic (exact) mass is 358 g/mol. The molecule has 3 aromatic rings. The normalized spacial score (nSPS) is 12.7. The van der Waals surface area contributed by atoms with Crippen molar-refractivity contribution < 1.29 is 9.72 Å². The molecule has 27 heavy (non-hydrogen) atoms. The number of carbonyl (C=O) groups is 1. The second-order valence-corrected chi connectivity index (χ2v) is 6.73. The highest BCUT2D eigenvalue weighted by atomic mass is 16.6. The fraction of sp³-hybridized carbons (Fsp3) is 0.136. The number of amides is 1. The van der Waals surface area contributed by atoms with Crippen molar-refractivity contribution in [3.63, 3.8) is 0 Å². The molecule has 0 radical (unpaired) electrons. The maximum atomic E-state index is 13.2. The van der Waals surface area contributed by atoms with Crippen molar-refractivity contribution in [3.05, 3.63) is 99.1 Å². The number of carbonyl (C=O) groups excluding carboxylic acids is 1. The lowest BCUT2D eigenvalue weighted by atomic mass is 9.97. The molecule has 5 heteroatoms. The number of nitrogens with zero attached hydrogens (tertiary/aromatic N) is 2. The van der Waals surface area contributed by atoms with Crippen LogP contribution in [0.1, 0.15) is 27.0 Å². The molecule has 0 bridgehead atoms. The van der Waals surface area contributed by atoms with Gasteiger partial charge in [-0.1, -0.05) is 48.5 Å². The van der Waals surface area contributed by atoms with Crippen LogP contribution in [0.15, 0.2) is 66.7 Å². The molecule has 0 N–H and O–H groups in total. The lowest BCUT2D eigenvalue weighted by Gasteiger charge is -2.22. The van der Waals surface area contributed by atoms with E-state index in [2.05, 4.69) is 12.1 Å².